The summed E-state index contributed by atoms with van der Waals surface area (Å²) in [5.41, 5.74) is -0.705. The lowest BCUT2D eigenvalue weighted by Crippen LogP contribution is -2.00. The molecule has 0 radical (unpaired) electrons. The number of nitro benzene ring substituents is 1. The van der Waals surface area contributed by atoms with Crippen molar-refractivity contribution < 1.29 is 19.2 Å². The van der Waals surface area contributed by atoms with Crippen LogP contribution in [0.2, 0.25) is 5.02 Å². The van der Waals surface area contributed by atoms with E-state index in [1.165, 1.54) is 12.1 Å². The molecule has 0 aromatic heterocycles. The summed E-state index contributed by atoms with van der Waals surface area (Å²) < 4.78 is 14.5. The number of carboxylic acids is 1. The first-order valence-electron chi connectivity index (χ1n) is 5.48. The number of nitro groups is 1. The van der Waals surface area contributed by atoms with Crippen molar-refractivity contribution in [3.05, 3.63) is 61.3 Å². The van der Waals surface area contributed by atoms with E-state index in [-0.39, 0.29) is 21.7 Å². The topological polar surface area (TPSA) is 80.4 Å². The summed E-state index contributed by atoms with van der Waals surface area (Å²) in [6, 6.07) is 5.98. The van der Waals surface area contributed by atoms with E-state index in [9.17, 15) is 19.3 Å². The number of hydrogen-bond donors (Lipinski definition) is 1. The summed E-state index contributed by atoms with van der Waals surface area (Å²) in [4.78, 5) is 21.1. The van der Waals surface area contributed by atoms with Crippen molar-refractivity contribution in [1.29, 1.82) is 0 Å². The third-order valence-electron chi connectivity index (χ3n) is 2.72. The van der Waals surface area contributed by atoms with E-state index in [1.54, 1.807) is 0 Å². The standard InChI is InChI=1S/C13H6BrClFNO4/c14-10-2-1-9(12(16)11(10)15)6-3-7(13(18)19)5-8(4-6)17(20)21/h1-5H,(H,18,19). The zero-order valence-electron chi connectivity index (χ0n) is 10.1. The fourth-order valence-corrected chi connectivity index (χ4v) is 2.22. The number of non-ortho nitro benzene ring substituents is 1. The average molecular weight is 375 g/mol. The van der Waals surface area contributed by atoms with Gasteiger partial charge in [0.15, 0.2) is 5.82 Å². The maximum atomic E-state index is 14.1. The number of carboxylic acid groups (broad SMARTS) is 1. The smallest absolute Gasteiger partial charge is 0.335 e. The molecule has 5 nitrogen and oxygen atoms in total. The van der Waals surface area contributed by atoms with Crippen LogP contribution < -0.4 is 0 Å². The van der Waals surface area contributed by atoms with Crippen molar-refractivity contribution >= 4 is 39.2 Å². The van der Waals surface area contributed by atoms with Crippen molar-refractivity contribution in [3.63, 3.8) is 0 Å². The Bertz CT molecular complexity index is 734. The van der Waals surface area contributed by atoms with Gasteiger partial charge in [-0.05, 0) is 33.6 Å². The molecule has 0 saturated carbocycles. The van der Waals surface area contributed by atoms with Crippen molar-refractivity contribution in [2.45, 2.75) is 0 Å². The van der Waals surface area contributed by atoms with Gasteiger partial charge in [0.2, 0.25) is 0 Å². The van der Waals surface area contributed by atoms with E-state index in [0.717, 1.165) is 18.2 Å². The summed E-state index contributed by atoms with van der Waals surface area (Å²) in [5, 5.41) is 19.6. The number of halogens is 3. The quantitative estimate of drug-likeness (QED) is 0.487. The van der Waals surface area contributed by atoms with Crippen LogP contribution in [0.25, 0.3) is 11.1 Å². The van der Waals surface area contributed by atoms with Crippen LogP contribution in [0.3, 0.4) is 0 Å². The lowest BCUT2D eigenvalue weighted by atomic mass is 10.0. The third kappa shape index (κ3) is 3.03. The van der Waals surface area contributed by atoms with Gasteiger partial charge in [0.1, 0.15) is 0 Å². The Morgan fingerprint density at radius 1 is 1.33 bits per heavy atom. The normalized spacial score (nSPS) is 10.4. The molecule has 0 unspecified atom stereocenters. The van der Waals surface area contributed by atoms with Gasteiger partial charge in [-0.25, -0.2) is 9.18 Å². The zero-order chi connectivity index (χ0) is 15.7. The number of aromatic carboxylic acids is 1. The number of nitrogens with zero attached hydrogens (tertiary/aromatic N) is 1. The first-order valence-corrected chi connectivity index (χ1v) is 6.65. The number of hydrogen-bond acceptors (Lipinski definition) is 3. The first-order chi connectivity index (χ1) is 9.81. The van der Waals surface area contributed by atoms with Gasteiger partial charge in [-0.2, -0.15) is 0 Å². The molecule has 2 aromatic carbocycles. The Kier molecular flexibility index (Phi) is 4.24. The maximum Gasteiger partial charge on any atom is 0.335 e. The van der Waals surface area contributed by atoms with E-state index >= 15 is 0 Å². The highest BCUT2D eigenvalue weighted by Crippen LogP contribution is 2.34. The van der Waals surface area contributed by atoms with Crippen LogP contribution in [0.5, 0.6) is 0 Å². The van der Waals surface area contributed by atoms with Crippen molar-refractivity contribution in [2.75, 3.05) is 0 Å². The highest BCUT2D eigenvalue weighted by atomic mass is 79.9. The first kappa shape index (κ1) is 15.4. The highest BCUT2D eigenvalue weighted by molar-refractivity contribution is 9.10. The summed E-state index contributed by atoms with van der Waals surface area (Å²) in [7, 11) is 0. The largest absolute Gasteiger partial charge is 0.478 e. The minimum absolute atomic E-state index is 0.0191. The molecule has 0 bridgehead atoms. The van der Waals surface area contributed by atoms with E-state index in [1.807, 2.05) is 0 Å². The SMILES string of the molecule is O=C(O)c1cc(-c2ccc(Br)c(Cl)c2F)cc([N+](=O)[O-])c1. The summed E-state index contributed by atoms with van der Waals surface area (Å²) in [5.74, 6) is -2.13. The minimum Gasteiger partial charge on any atom is -0.478 e. The molecule has 21 heavy (non-hydrogen) atoms. The molecule has 108 valence electrons. The molecule has 0 fully saturated rings. The van der Waals surface area contributed by atoms with E-state index in [2.05, 4.69) is 15.9 Å². The van der Waals surface area contributed by atoms with Crippen LogP contribution in [0.15, 0.2) is 34.8 Å². The molecule has 0 atom stereocenters. The van der Waals surface area contributed by atoms with Gasteiger partial charge in [-0.15, -0.1) is 0 Å². The molecule has 0 aliphatic carbocycles. The van der Waals surface area contributed by atoms with E-state index < -0.39 is 22.4 Å². The molecule has 0 spiro atoms. The molecule has 0 heterocycles. The Hall–Kier alpha value is -1.99. The Labute approximate surface area is 131 Å². The monoisotopic (exact) mass is 373 g/mol. The van der Waals surface area contributed by atoms with Crippen LogP contribution >= 0.6 is 27.5 Å². The average Bonchev–Trinajstić information content (AvgIpc) is 2.44. The van der Waals surface area contributed by atoms with E-state index in [4.69, 9.17) is 16.7 Å². The molecule has 2 aromatic rings. The summed E-state index contributed by atoms with van der Waals surface area (Å²) >= 11 is 8.82. The zero-order valence-corrected chi connectivity index (χ0v) is 12.5. The van der Waals surface area contributed by atoms with Crippen LogP contribution in [0, 0.1) is 15.9 Å². The Morgan fingerprint density at radius 2 is 2.00 bits per heavy atom. The molecule has 0 aliphatic rings. The fraction of sp³-hybridized carbons (Fsp3) is 0. The predicted molar refractivity (Wildman–Crippen MR) is 78.2 cm³/mol. The third-order valence-corrected chi connectivity index (χ3v) is 3.98. The van der Waals surface area contributed by atoms with Crippen LogP contribution in [0.4, 0.5) is 10.1 Å². The van der Waals surface area contributed by atoms with Crippen molar-refractivity contribution in [3.8, 4) is 11.1 Å². The van der Waals surface area contributed by atoms with Crippen LogP contribution in [-0.2, 0) is 0 Å². The second-order valence-electron chi connectivity index (χ2n) is 4.05. The van der Waals surface area contributed by atoms with Crippen LogP contribution in [-0.4, -0.2) is 16.0 Å². The molecule has 0 amide bonds. The molecule has 0 saturated heterocycles. The molecule has 8 heteroatoms. The van der Waals surface area contributed by atoms with Gasteiger partial charge < -0.3 is 5.11 Å². The lowest BCUT2D eigenvalue weighted by Gasteiger charge is -2.07. The molecule has 1 N–H and O–H groups in total. The van der Waals surface area contributed by atoms with Gasteiger partial charge in [0.05, 0.1) is 15.5 Å². The maximum absolute atomic E-state index is 14.1. The Balaban J connectivity index is 2.71. The van der Waals surface area contributed by atoms with Gasteiger partial charge in [0.25, 0.3) is 5.69 Å². The molecular formula is C13H6BrClFNO4. The molecule has 2 rings (SSSR count). The number of carbonyl (C=O) groups is 1. The van der Waals surface area contributed by atoms with Gasteiger partial charge in [-0.3, -0.25) is 10.1 Å². The van der Waals surface area contributed by atoms with Gasteiger partial charge in [-0.1, -0.05) is 17.7 Å². The van der Waals surface area contributed by atoms with Crippen molar-refractivity contribution in [1.82, 2.24) is 0 Å². The molecule has 0 aliphatic heterocycles. The van der Waals surface area contributed by atoms with Gasteiger partial charge >= 0.3 is 5.97 Å². The van der Waals surface area contributed by atoms with Crippen molar-refractivity contribution in [2.24, 2.45) is 0 Å². The van der Waals surface area contributed by atoms with Crippen LogP contribution in [0.1, 0.15) is 10.4 Å². The number of benzene rings is 2. The fourth-order valence-electron chi connectivity index (χ4n) is 1.74. The lowest BCUT2D eigenvalue weighted by molar-refractivity contribution is -0.384. The minimum atomic E-state index is -1.34. The second kappa shape index (κ2) is 5.79. The van der Waals surface area contributed by atoms with Gasteiger partial charge in [0, 0.05) is 22.2 Å². The second-order valence-corrected chi connectivity index (χ2v) is 5.29. The number of rotatable bonds is 3. The Morgan fingerprint density at radius 3 is 2.57 bits per heavy atom. The predicted octanol–water partition coefficient (Wildman–Crippen LogP) is 4.52. The highest BCUT2D eigenvalue weighted by Gasteiger charge is 2.18. The molecular weight excluding hydrogens is 369 g/mol. The summed E-state index contributed by atoms with van der Waals surface area (Å²) in [6.45, 7) is 0. The van der Waals surface area contributed by atoms with E-state index in [0.29, 0.717) is 4.47 Å². The summed E-state index contributed by atoms with van der Waals surface area (Å²) in [6.07, 6.45) is 0.